The van der Waals surface area contributed by atoms with E-state index in [0.717, 1.165) is 22.4 Å². The van der Waals surface area contributed by atoms with E-state index in [2.05, 4.69) is 41.5 Å². The second kappa shape index (κ2) is 6.76. The van der Waals surface area contributed by atoms with Gasteiger partial charge in [-0.2, -0.15) is 5.26 Å². The monoisotopic (exact) mass is 299 g/mol. The molecule has 0 aliphatic heterocycles. The highest BCUT2D eigenvalue weighted by molar-refractivity contribution is 5.73. The van der Waals surface area contributed by atoms with Gasteiger partial charge in [-0.05, 0) is 47.9 Å². The van der Waals surface area contributed by atoms with Gasteiger partial charge >= 0.3 is 0 Å². The molecule has 1 aromatic heterocycles. The number of anilines is 1. The van der Waals surface area contributed by atoms with Crippen LogP contribution in [-0.2, 0) is 6.54 Å². The van der Waals surface area contributed by atoms with Crippen molar-refractivity contribution in [2.75, 3.05) is 5.32 Å². The lowest BCUT2D eigenvalue weighted by molar-refractivity contribution is 1.14. The van der Waals surface area contributed by atoms with Crippen LogP contribution >= 0.6 is 0 Å². The van der Waals surface area contributed by atoms with Gasteiger partial charge in [0, 0.05) is 24.5 Å². The van der Waals surface area contributed by atoms with Crippen molar-refractivity contribution in [2.24, 2.45) is 0 Å². The summed E-state index contributed by atoms with van der Waals surface area (Å²) in [6.45, 7) is 2.76. The normalized spacial score (nSPS) is 10.1. The number of aryl methyl sites for hydroxylation is 1. The molecule has 0 bridgehead atoms. The zero-order valence-electron chi connectivity index (χ0n) is 13.0. The van der Waals surface area contributed by atoms with E-state index in [9.17, 15) is 5.26 Å². The maximum Gasteiger partial charge on any atom is 0.0998 e. The molecule has 0 saturated heterocycles. The van der Waals surface area contributed by atoms with Crippen molar-refractivity contribution in [3.8, 4) is 17.2 Å². The maximum absolute atomic E-state index is 9.40. The highest BCUT2D eigenvalue weighted by Gasteiger charge is 2.08. The number of hydrogen-bond acceptors (Lipinski definition) is 3. The zero-order chi connectivity index (χ0) is 16.1. The summed E-state index contributed by atoms with van der Waals surface area (Å²) >= 11 is 0. The molecule has 0 unspecified atom stereocenters. The standard InChI is InChI=1S/C20H17N3/c1-15-5-2-3-7-19(15)20-11-16(8-9-17(20)12-21)13-23-18-6-4-10-22-14-18/h2-11,14,23H,13H2,1H3. The molecule has 112 valence electrons. The van der Waals surface area contributed by atoms with E-state index in [4.69, 9.17) is 0 Å². The molecule has 0 radical (unpaired) electrons. The van der Waals surface area contributed by atoms with E-state index in [1.54, 1.807) is 12.4 Å². The molecule has 3 nitrogen and oxygen atoms in total. The van der Waals surface area contributed by atoms with Crippen LogP contribution in [0.25, 0.3) is 11.1 Å². The molecule has 0 fully saturated rings. The molecule has 0 aliphatic carbocycles. The van der Waals surface area contributed by atoms with E-state index in [1.165, 1.54) is 5.56 Å². The number of pyridine rings is 1. The summed E-state index contributed by atoms with van der Waals surface area (Å²) < 4.78 is 0. The highest BCUT2D eigenvalue weighted by atomic mass is 14.9. The Morgan fingerprint density at radius 2 is 1.91 bits per heavy atom. The Morgan fingerprint density at radius 3 is 2.65 bits per heavy atom. The van der Waals surface area contributed by atoms with Gasteiger partial charge < -0.3 is 5.32 Å². The molecule has 23 heavy (non-hydrogen) atoms. The number of nitrogens with zero attached hydrogens (tertiary/aromatic N) is 2. The first-order chi connectivity index (χ1) is 11.3. The van der Waals surface area contributed by atoms with Gasteiger partial charge in [0.1, 0.15) is 0 Å². The third-order valence-corrected chi connectivity index (χ3v) is 3.80. The average molecular weight is 299 g/mol. The van der Waals surface area contributed by atoms with Crippen molar-refractivity contribution in [1.29, 1.82) is 5.26 Å². The molecule has 0 atom stereocenters. The van der Waals surface area contributed by atoms with Crippen molar-refractivity contribution in [3.05, 3.63) is 83.7 Å². The largest absolute Gasteiger partial charge is 0.380 e. The fourth-order valence-corrected chi connectivity index (χ4v) is 2.57. The molecular formula is C20H17N3. The van der Waals surface area contributed by atoms with Crippen molar-refractivity contribution < 1.29 is 0 Å². The van der Waals surface area contributed by atoms with E-state index in [1.807, 2.05) is 36.4 Å². The van der Waals surface area contributed by atoms with Gasteiger partial charge in [-0.3, -0.25) is 4.98 Å². The topological polar surface area (TPSA) is 48.7 Å². The van der Waals surface area contributed by atoms with Crippen molar-refractivity contribution in [2.45, 2.75) is 13.5 Å². The summed E-state index contributed by atoms with van der Waals surface area (Å²) in [7, 11) is 0. The summed E-state index contributed by atoms with van der Waals surface area (Å²) in [5.41, 5.74) is 6.06. The number of nitrogens with one attached hydrogen (secondary N) is 1. The summed E-state index contributed by atoms with van der Waals surface area (Å²) in [5, 5.41) is 12.7. The average Bonchev–Trinajstić information content (AvgIpc) is 2.61. The van der Waals surface area contributed by atoms with Crippen LogP contribution in [0.1, 0.15) is 16.7 Å². The third-order valence-electron chi connectivity index (χ3n) is 3.80. The minimum absolute atomic E-state index is 0.691. The van der Waals surface area contributed by atoms with Crippen LogP contribution in [0.3, 0.4) is 0 Å². The molecule has 0 amide bonds. The van der Waals surface area contributed by atoms with E-state index >= 15 is 0 Å². The minimum atomic E-state index is 0.691. The van der Waals surface area contributed by atoms with Gasteiger partial charge in [0.05, 0.1) is 17.3 Å². The fourth-order valence-electron chi connectivity index (χ4n) is 2.57. The number of hydrogen-bond donors (Lipinski definition) is 1. The molecule has 3 heteroatoms. The van der Waals surface area contributed by atoms with Crippen molar-refractivity contribution >= 4 is 5.69 Å². The van der Waals surface area contributed by atoms with Crippen molar-refractivity contribution in [3.63, 3.8) is 0 Å². The predicted octanol–water partition coefficient (Wildman–Crippen LogP) is 4.54. The molecule has 3 rings (SSSR count). The van der Waals surface area contributed by atoms with Gasteiger partial charge in [-0.1, -0.05) is 30.3 Å². The lowest BCUT2D eigenvalue weighted by Gasteiger charge is -2.11. The molecular weight excluding hydrogens is 282 g/mol. The van der Waals surface area contributed by atoms with Crippen LogP contribution in [0.4, 0.5) is 5.69 Å². The number of benzene rings is 2. The summed E-state index contributed by atoms with van der Waals surface area (Å²) in [6.07, 6.45) is 3.55. The van der Waals surface area contributed by atoms with Crippen LogP contribution in [0.2, 0.25) is 0 Å². The Morgan fingerprint density at radius 1 is 1.04 bits per heavy atom. The summed E-state index contributed by atoms with van der Waals surface area (Å²) in [4.78, 5) is 4.10. The van der Waals surface area contributed by atoms with Gasteiger partial charge in [0.2, 0.25) is 0 Å². The number of aromatic nitrogens is 1. The van der Waals surface area contributed by atoms with E-state index < -0.39 is 0 Å². The first kappa shape index (κ1) is 14.8. The van der Waals surface area contributed by atoms with Crippen molar-refractivity contribution in [1.82, 2.24) is 4.98 Å². The summed E-state index contributed by atoms with van der Waals surface area (Å²) in [6, 6.07) is 20.3. The van der Waals surface area contributed by atoms with E-state index in [0.29, 0.717) is 12.1 Å². The van der Waals surface area contributed by atoms with Crippen LogP contribution in [0.15, 0.2) is 67.0 Å². The molecule has 1 heterocycles. The Balaban J connectivity index is 1.91. The first-order valence-electron chi connectivity index (χ1n) is 7.51. The Bertz CT molecular complexity index is 848. The summed E-state index contributed by atoms with van der Waals surface area (Å²) in [5.74, 6) is 0. The van der Waals surface area contributed by atoms with Crippen LogP contribution < -0.4 is 5.32 Å². The highest BCUT2D eigenvalue weighted by Crippen LogP contribution is 2.27. The number of rotatable bonds is 4. The van der Waals surface area contributed by atoms with Gasteiger partial charge in [0.15, 0.2) is 0 Å². The Hall–Kier alpha value is -3.12. The molecule has 0 aliphatic rings. The molecule has 1 N–H and O–H groups in total. The Labute approximate surface area is 136 Å². The van der Waals surface area contributed by atoms with Gasteiger partial charge in [-0.15, -0.1) is 0 Å². The lowest BCUT2D eigenvalue weighted by atomic mass is 9.94. The minimum Gasteiger partial charge on any atom is -0.380 e. The molecule has 3 aromatic rings. The van der Waals surface area contributed by atoms with Crippen LogP contribution in [0, 0.1) is 18.3 Å². The van der Waals surface area contributed by atoms with Gasteiger partial charge in [0.25, 0.3) is 0 Å². The molecule has 0 spiro atoms. The van der Waals surface area contributed by atoms with E-state index in [-0.39, 0.29) is 0 Å². The lowest BCUT2D eigenvalue weighted by Crippen LogP contribution is -2.00. The SMILES string of the molecule is Cc1ccccc1-c1cc(CNc2cccnc2)ccc1C#N. The predicted molar refractivity (Wildman–Crippen MR) is 92.9 cm³/mol. The second-order valence-electron chi connectivity index (χ2n) is 5.40. The molecule has 0 saturated carbocycles. The third kappa shape index (κ3) is 3.38. The molecule has 2 aromatic carbocycles. The Kier molecular flexibility index (Phi) is 4.35. The maximum atomic E-state index is 9.40. The second-order valence-corrected chi connectivity index (χ2v) is 5.40. The quantitative estimate of drug-likeness (QED) is 0.769. The number of nitriles is 1. The smallest absolute Gasteiger partial charge is 0.0998 e. The fraction of sp³-hybridized carbons (Fsp3) is 0.100. The van der Waals surface area contributed by atoms with Gasteiger partial charge in [-0.25, -0.2) is 0 Å². The van der Waals surface area contributed by atoms with Crippen LogP contribution in [0.5, 0.6) is 0 Å². The first-order valence-corrected chi connectivity index (χ1v) is 7.51. The zero-order valence-corrected chi connectivity index (χ0v) is 13.0. The van der Waals surface area contributed by atoms with Crippen LogP contribution in [-0.4, -0.2) is 4.98 Å².